The van der Waals surface area contributed by atoms with Crippen LogP contribution >= 0.6 is 0 Å². The second-order valence-corrected chi connectivity index (χ2v) is 4.03. The van der Waals surface area contributed by atoms with Crippen molar-refractivity contribution in [3.05, 3.63) is 59.4 Å². The lowest BCUT2D eigenvalue weighted by molar-refractivity contribution is 0.993. The van der Waals surface area contributed by atoms with Crippen molar-refractivity contribution < 1.29 is 0 Å². The number of hydrogen-bond donors (Lipinski definition) is 2. The topological polar surface area (TPSA) is 50.9 Å². The van der Waals surface area contributed by atoms with Crippen LogP contribution in [0.25, 0.3) is 0 Å². The number of hydrogen-bond acceptors (Lipinski definition) is 3. The molecule has 0 aliphatic rings. The third-order valence-corrected chi connectivity index (χ3v) is 2.73. The third kappa shape index (κ3) is 3.04. The Morgan fingerprint density at radius 1 is 1.18 bits per heavy atom. The number of benzene rings is 1. The summed E-state index contributed by atoms with van der Waals surface area (Å²) in [6.07, 6.45) is 1.83. The van der Waals surface area contributed by atoms with E-state index < -0.39 is 0 Å². The average molecular weight is 227 g/mol. The monoisotopic (exact) mass is 227 g/mol. The van der Waals surface area contributed by atoms with Crippen LogP contribution in [0.3, 0.4) is 0 Å². The molecule has 17 heavy (non-hydrogen) atoms. The molecule has 0 saturated carbocycles. The first-order valence-corrected chi connectivity index (χ1v) is 5.73. The fraction of sp³-hybridized carbons (Fsp3) is 0.214. The predicted octanol–water partition coefficient (Wildman–Crippen LogP) is 2.46. The van der Waals surface area contributed by atoms with Gasteiger partial charge in [-0.15, -0.1) is 0 Å². The molecule has 0 atom stereocenters. The van der Waals surface area contributed by atoms with Gasteiger partial charge in [-0.3, -0.25) is 4.98 Å². The molecule has 3 nitrogen and oxygen atoms in total. The Labute approximate surface area is 102 Å². The Hall–Kier alpha value is -1.87. The summed E-state index contributed by atoms with van der Waals surface area (Å²) in [7, 11) is 0. The second-order valence-electron chi connectivity index (χ2n) is 4.03. The highest BCUT2D eigenvalue weighted by Gasteiger charge is 1.98. The lowest BCUT2D eigenvalue weighted by Gasteiger charge is -2.08. The second kappa shape index (κ2) is 5.46. The van der Waals surface area contributed by atoms with Gasteiger partial charge in [0.15, 0.2) is 0 Å². The molecule has 0 spiro atoms. The van der Waals surface area contributed by atoms with Crippen LogP contribution in [0, 0.1) is 6.92 Å². The summed E-state index contributed by atoms with van der Waals surface area (Å²) in [4.78, 5) is 4.35. The number of anilines is 1. The quantitative estimate of drug-likeness (QED) is 0.843. The summed E-state index contributed by atoms with van der Waals surface area (Å²) >= 11 is 0. The number of nitrogens with one attached hydrogen (secondary N) is 1. The first kappa shape index (κ1) is 11.6. The zero-order valence-corrected chi connectivity index (χ0v) is 9.98. The molecule has 0 aliphatic carbocycles. The van der Waals surface area contributed by atoms with Crippen LogP contribution in [0.15, 0.2) is 42.6 Å². The predicted molar refractivity (Wildman–Crippen MR) is 70.6 cm³/mol. The molecule has 0 saturated heterocycles. The highest BCUT2D eigenvalue weighted by Crippen LogP contribution is 2.14. The van der Waals surface area contributed by atoms with E-state index in [9.17, 15) is 0 Å². The van der Waals surface area contributed by atoms with Crippen molar-refractivity contribution in [2.24, 2.45) is 5.73 Å². The molecule has 2 rings (SSSR count). The van der Waals surface area contributed by atoms with Gasteiger partial charge in [0.1, 0.15) is 0 Å². The smallest absolute Gasteiger partial charge is 0.0594 e. The molecule has 0 bridgehead atoms. The maximum Gasteiger partial charge on any atom is 0.0594 e. The number of rotatable bonds is 4. The van der Waals surface area contributed by atoms with E-state index in [4.69, 9.17) is 5.73 Å². The van der Waals surface area contributed by atoms with Gasteiger partial charge < -0.3 is 11.1 Å². The minimum absolute atomic E-state index is 0.540. The van der Waals surface area contributed by atoms with Gasteiger partial charge >= 0.3 is 0 Å². The number of aryl methyl sites for hydroxylation is 1. The first-order valence-electron chi connectivity index (χ1n) is 5.73. The van der Waals surface area contributed by atoms with Gasteiger partial charge in [-0.25, -0.2) is 0 Å². The molecular formula is C14H17N3. The molecule has 0 aliphatic heterocycles. The summed E-state index contributed by atoms with van der Waals surface area (Å²) in [5.74, 6) is 0. The van der Waals surface area contributed by atoms with E-state index in [0.717, 1.165) is 23.5 Å². The summed E-state index contributed by atoms with van der Waals surface area (Å²) in [6, 6.07) is 12.3. The molecule has 2 aromatic rings. The molecule has 3 heteroatoms. The van der Waals surface area contributed by atoms with E-state index in [-0.39, 0.29) is 0 Å². The van der Waals surface area contributed by atoms with E-state index in [2.05, 4.69) is 29.4 Å². The van der Waals surface area contributed by atoms with Gasteiger partial charge in [-0.05, 0) is 30.2 Å². The molecule has 1 aromatic carbocycles. The standard InChI is InChI=1S/C14H17N3/c1-11-4-2-3-5-14(11)17-10-13-7-6-12(8-15)9-16-13/h2-7,9,17H,8,10,15H2,1H3. The van der Waals surface area contributed by atoms with Gasteiger partial charge in [0.2, 0.25) is 0 Å². The molecule has 88 valence electrons. The fourth-order valence-corrected chi connectivity index (χ4v) is 1.64. The number of aromatic nitrogens is 1. The Bertz CT molecular complexity index is 477. The summed E-state index contributed by atoms with van der Waals surface area (Å²) in [6.45, 7) is 3.36. The van der Waals surface area contributed by atoms with Crippen LogP contribution in [0.2, 0.25) is 0 Å². The van der Waals surface area contributed by atoms with E-state index >= 15 is 0 Å². The molecule has 0 unspecified atom stereocenters. The van der Waals surface area contributed by atoms with E-state index in [1.165, 1.54) is 5.56 Å². The normalized spacial score (nSPS) is 10.2. The van der Waals surface area contributed by atoms with Crippen molar-refractivity contribution in [1.29, 1.82) is 0 Å². The minimum atomic E-state index is 0.540. The molecule has 3 N–H and O–H groups in total. The van der Waals surface area contributed by atoms with Crippen molar-refractivity contribution in [2.45, 2.75) is 20.0 Å². The SMILES string of the molecule is Cc1ccccc1NCc1ccc(CN)cn1. The number of para-hydroxylation sites is 1. The molecular weight excluding hydrogens is 210 g/mol. The van der Waals surface area contributed by atoms with Crippen LogP contribution in [0.1, 0.15) is 16.8 Å². The van der Waals surface area contributed by atoms with Crippen molar-refractivity contribution in [3.63, 3.8) is 0 Å². The Morgan fingerprint density at radius 2 is 2.00 bits per heavy atom. The maximum absolute atomic E-state index is 5.53. The molecule has 1 aromatic heterocycles. The van der Waals surface area contributed by atoms with E-state index in [1.807, 2.05) is 30.5 Å². The lowest BCUT2D eigenvalue weighted by atomic mass is 10.2. The zero-order chi connectivity index (χ0) is 12.1. The molecule has 0 radical (unpaired) electrons. The molecule has 0 fully saturated rings. The number of nitrogens with zero attached hydrogens (tertiary/aromatic N) is 1. The molecule has 1 heterocycles. The fourth-order valence-electron chi connectivity index (χ4n) is 1.64. The summed E-state index contributed by atoms with van der Waals surface area (Å²) < 4.78 is 0. The van der Waals surface area contributed by atoms with Crippen LogP contribution < -0.4 is 11.1 Å². The number of nitrogens with two attached hydrogens (primary N) is 1. The summed E-state index contributed by atoms with van der Waals surface area (Å²) in [5.41, 5.74) is 10.00. The van der Waals surface area contributed by atoms with Crippen molar-refractivity contribution in [3.8, 4) is 0 Å². The van der Waals surface area contributed by atoms with Gasteiger partial charge in [0.05, 0.1) is 12.2 Å². The van der Waals surface area contributed by atoms with Crippen molar-refractivity contribution >= 4 is 5.69 Å². The zero-order valence-electron chi connectivity index (χ0n) is 9.98. The largest absolute Gasteiger partial charge is 0.379 e. The van der Waals surface area contributed by atoms with Gasteiger partial charge in [0.25, 0.3) is 0 Å². The van der Waals surface area contributed by atoms with Crippen LogP contribution in [0.4, 0.5) is 5.69 Å². The van der Waals surface area contributed by atoms with E-state index in [1.54, 1.807) is 0 Å². The van der Waals surface area contributed by atoms with Crippen LogP contribution in [-0.2, 0) is 13.1 Å². The Morgan fingerprint density at radius 3 is 2.65 bits per heavy atom. The first-order chi connectivity index (χ1) is 8.29. The third-order valence-electron chi connectivity index (χ3n) is 2.73. The minimum Gasteiger partial charge on any atom is -0.379 e. The maximum atomic E-state index is 5.53. The highest BCUT2D eigenvalue weighted by molar-refractivity contribution is 5.50. The Balaban J connectivity index is 2.00. The van der Waals surface area contributed by atoms with Gasteiger partial charge in [-0.1, -0.05) is 24.3 Å². The van der Waals surface area contributed by atoms with Crippen molar-refractivity contribution in [2.75, 3.05) is 5.32 Å². The highest BCUT2D eigenvalue weighted by atomic mass is 14.9. The van der Waals surface area contributed by atoms with Crippen molar-refractivity contribution in [1.82, 2.24) is 4.98 Å². The van der Waals surface area contributed by atoms with Crippen LogP contribution in [0.5, 0.6) is 0 Å². The number of pyridine rings is 1. The summed E-state index contributed by atoms with van der Waals surface area (Å²) in [5, 5.41) is 3.37. The molecule has 0 amide bonds. The lowest BCUT2D eigenvalue weighted by Crippen LogP contribution is -2.04. The van der Waals surface area contributed by atoms with E-state index in [0.29, 0.717) is 6.54 Å². The van der Waals surface area contributed by atoms with Gasteiger partial charge in [0, 0.05) is 18.4 Å². The van der Waals surface area contributed by atoms with Gasteiger partial charge in [-0.2, -0.15) is 0 Å². The Kier molecular flexibility index (Phi) is 3.73. The average Bonchev–Trinajstić information content (AvgIpc) is 2.38. The van der Waals surface area contributed by atoms with Crippen LogP contribution in [-0.4, -0.2) is 4.98 Å².